The molecule has 12 heavy (non-hydrogen) atoms. The Morgan fingerprint density at radius 2 is 2.00 bits per heavy atom. The number of carbonyl (C=O) groups excluding carboxylic acids is 1. The van der Waals surface area contributed by atoms with Crippen molar-refractivity contribution >= 4 is 5.91 Å². The van der Waals surface area contributed by atoms with Crippen molar-refractivity contribution in [3.8, 4) is 0 Å². The topological polar surface area (TPSA) is 29.1 Å². The highest BCUT2D eigenvalue weighted by atomic mass is 16.1. The normalized spacial score (nSPS) is 11.4. The molecule has 0 unspecified atom stereocenters. The highest BCUT2D eigenvalue weighted by Crippen LogP contribution is 2.01. The molecule has 1 N–H and O–H groups in total. The molecular formula is C10H19NO. The average molecular weight is 169 g/mol. The zero-order chi connectivity index (χ0) is 9.40. The Hall–Kier alpha value is -0.790. The largest absolute Gasteiger partial charge is 0.331 e. The SMILES string of the molecule is CCCCC/C=C(\C)NC(C)=O. The summed E-state index contributed by atoms with van der Waals surface area (Å²) in [6.07, 6.45) is 6.88. The van der Waals surface area contributed by atoms with Crippen molar-refractivity contribution in [3.05, 3.63) is 11.8 Å². The molecule has 0 saturated heterocycles. The summed E-state index contributed by atoms with van der Waals surface area (Å²) in [6.45, 7) is 5.64. The second kappa shape index (κ2) is 6.89. The van der Waals surface area contributed by atoms with Crippen molar-refractivity contribution in [3.63, 3.8) is 0 Å². The molecule has 70 valence electrons. The zero-order valence-corrected chi connectivity index (χ0v) is 8.31. The first-order valence-corrected chi connectivity index (χ1v) is 4.61. The van der Waals surface area contributed by atoms with Gasteiger partial charge in [-0.15, -0.1) is 0 Å². The maximum atomic E-state index is 10.6. The third kappa shape index (κ3) is 7.32. The lowest BCUT2D eigenvalue weighted by Gasteiger charge is -2.00. The highest BCUT2D eigenvalue weighted by molar-refractivity contribution is 5.74. The predicted molar refractivity (Wildman–Crippen MR) is 51.7 cm³/mol. The van der Waals surface area contributed by atoms with Gasteiger partial charge in [0.15, 0.2) is 0 Å². The molecule has 0 aromatic heterocycles. The molecule has 0 aromatic rings. The van der Waals surface area contributed by atoms with E-state index >= 15 is 0 Å². The van der Waals surface area contributed by atoms with E-state index in [1.54, 1.807) is 0 Å². The van der Waals surface area contributed by atoms with Gasteiger partial charge in [-0.1, -0.05) is 25.8 Å². The Bertz CT molecular complexity index is 161. The number of nitrogens with one attached hydrogen (secondary N) is 1. The summed E-state index contributed by atoms with van der Waals surface area (Å²) in [5, 5.41) is 2.74. The smallest absolute Gasteiger partial charge is 0.220 e. The van der Waals surface area contributed by atoms with Gasteiger partial charge in [0.25, 0.3) is 0 Å². The summed E-state index contributed by atoms with van der Waals surface area (Å²) in [5.74, 6) is 0.0132. The van der Waals surface area contributed by atoms with E-state index in [9.17, 15) is 4.79 Å². The molecular weight excluding hydrogens is 150 g/mol. The van der Waals surface area contributed by atoms with Gasteiger partial charge in [0.05, 0.1) is 0 Å². The molecule has 0 fully saturated rings. The van der Waals surface area contributed by atoms with Gasteiger partial charge in [-0.05, 0) is 19.8 Å². The Morgan fingerprint density at radius 1 is 1.33 bits per heavy atom. The van der Waals surface area contributed by atoms with Crippen LogP contribution in [0.1, 0.15) is 46.5 Å². The number of carbonyl (C=O) groups is 1. The van der Waals surface area contributed by atoms with E-state index in [4.69, 9.17) is 0 Å². The lowest BCUT2D eigenvalue weighted by molar-refractivity contribution is -0.118. The van der Waals surface area contributed by atoms with Crippen LogP contribution in [0.3, 0.4) is 0 Å². The molecule has 0 aliphatic carbocycles. The van der Waals surface area contributed by atoms with Gasteiger partial charge in [-0.25, -0.2) is 0 Å². The minimum atomic E-state index is 0.0132. The summed E-state index contributed by atoms with van der Waals surface area (Å²) in [5.41, 5.74) is 0.971. The molecule has 0 aliphatic heterocycles. The molecule has 0 heterocycles. The average Bonchev–Trinajstić information content (AvgIpc) is 1.97. The van der Waals surface area contributed by atoms with Crippen LogP contribution >= 0.6 is 0 Å². The number of unbranched alkanes of at least 4 members (excludes halogenated alkanes) is 3. The number of hydrogen-bond acceptors (Lipinski definition) is 1. The summed E-state index contributed by atoms with van der Waals surface area (Å²) in [6, 6.07) is 0. The van der Waals surface area contributed by atoms with Gasteiger partial charge < -0.3 is 5.32 Å². The maximum absolute atomic E-state index is 10.6. The molecule has 2 nitrogen and oxygen atoms in total. The van der Waals surface area contributed by atoms with Gasteiger partial charge in [0, 0.05) is 12.6 Å². The van der Waals surface area contributed by atoms with Crippen molar-refractivity contribution < 1.29 is 4.79 Å². The van der Waals surface area contributed by atoms with E-state index in [0.29, 0.717) is 0 Å². The van der Waals surface area contributed by atoms with Crippen molar-refractivity contribution in [2.75, 3.05) is 0 Å². The molecule has 0 rings (SSSR count). The molecule has 2 heteroatoms. The third-order valence-electron chi connectivity index (χ3n) is 1.63. The number of hydrogen-bond donors (Lipinski definition) is 1. The fourth-order valence-corrected chi connectivity index (χ4v) is 1.04. The number of allylic oxidation sites excluding steroid dienone is 2. The van der Waals surface area contributed by atoms with Crippen molar-refractivity contribution in [1.29, 1.82) is 0 Å². The predicted octanol–water partition coefficient (Wildman–Crippen LogP) is 2.61. The molecule has 0 aliphatic rings. The van der Waals surface area contributed by atoms with Gasteiger partial charge in [0.2, 0.25) is 5.91 Å². The lowest BCUT2D eigenvalue weighted by atomic mass is 10.2. The van der Waals surface area contributed by atoms with Gasteiger partial charge in [-0.2, -0.15) is 0 Å². The first kappa shape index (κ1) is 11.2. The molecule has 0 spiro atoms. The summed E-state index contributed by atoms with van der Waals surface area (Å²) >= 11 is 0. The molecule has 1 amide bonds. The van der Waals surface area contributed by atoms with E-state index in [2.05, 4.69) is 18.3 Å². The minimum Gasteiger partial charge on any atom is -0.331 e. The van der Waals surface area contributed by atoms with Crippen LogP contribution in [0.25, 0.3) is 0 Å². The van der Waals surface area contributed by atoms with Crippen LogP contribution in [0.2, 0.25) is 0 Å². The Labute approximate surface area is 75.0 Å². The fraction of sp³-hybridized carbons (Fsp3) is 0.700. The summed E-state index contributed by atoms with van der Waals surface area (Å²) in [4.78, 5) is 10.6. The van der Waals surface area contributed by atoms with Crippen molar-refractivity contribution in [2.45, 2.75) is 46.5 Å². The van der Waals surface area contributed by atoms with Crippen molar-refractivity contribution in [1.82, 2.24) is 5.32 Å². The van der Waals surface area contributed by atoms with Crippen LogP contribution in [0, 0.1) is 0 Å². The van der Waals surface area contributed by atoms with Gasteiger partial charge in [0.1, 0.15) is 0 Å². The molecule has 0 saturated carbocycles. The summed E-state index contributed by atoms with van der Waals surface area (Å²) < 4.78 is 0. The van der Waals surface area contributed by atoms with Crippen LogP contribution in [0.4, 0.5) is 0 Å². The van der Waals surface area contributed by atoms with E-state index in [1.165, 1.54) is 26.2 Å². The summed E-state index contributed by atoms with van der Waals surface area (Å²) in [7, 11) is 0. The monoisotopic (exact) mass is 169 g/mol. The van der Waals surface area contributed by atoms with E-state index in [0.717, 1.165) is 12.1 Å². The van der Waals surface area contributed by atoms with E-state index in [-0.39, 0.29) is 5.91 Å². The molecule has 0 radical (unpaired) electrons. The van der Waals surface area contributed by atoms with Crippen LogP contribution in [-0.2, 0) is 4.79 Å². The minimum absolute atomic E-state index is 0.0132. The Balaban J connectivity index is 3.48. The Kier molecular flexibility index (Phi) is 6.44. The lowest BCUT2D eigenvalue weighted by Crippen LogP contribution is -2.16. The Morgan fingerprint density at radius 3 is 2.50 bits per heavy atom. The van der Waals surface area contributed by atoms with Gasteiger partial charge in [-0.3, -0.25) is 4.79 Å². The highest BCUT2D eigenvalue weighted by Gasteiger charge is 1.91. The molecule has 0 atom stereocenters. The quantitative estimate of drug-likeness (QED) is 0.630. The third-order valence-corrected chi connectivity index (χ3v) is 1.63. The van der Waals surface area contributed by atoms with Crippen LogP contribution in [0.15, 0.2) is 11.8 Å². The maximum Gasteiger partial charge on any atom is 0.220 e. The number of amides is 1. The van der Waals surface area contributed by atoms with Crippen LogP contribution < -0.4 is 5.32 Å². The molecule has 0 aromatic carbocycles. The van der Waals surface area contributed by atoms with Crippen molar-refractivity contribution in [2.24, 2.45) is 0 Å². The first-order chi connectivity index (χ1) is 5.66. The van der Waals surface area contributed by atoms with Gasteiger partial charge >= 0.3 is 0 Å². The molecule has 0 bridgehead atoms. The second-order valence-electron chi connectivity index (χ2n) is 3.06. The van der Waals surface area contributed by atoms with Crippen LogP contribution in [-0.4, -0.2) is 5.91 Å². The van der Waals surface area contributed by atoms with E-state index in [1.807, 2.05) is 6.92 Å². The zero-order valence-electron chi connectivity index (χ0n) is 8.31. The second-order valence-corrected chi connectivity index (χ2v) is 3.06. The standard InChI is InChI=1S/C10H19NO/c1-4-5-6-7-8-9(2)11-10(3)12/h8H,4-7H2,1-3H3,(H,11,12)/b9-8+. The fourth-order valence-electron chi connectivity index (χ4n) is 1.04. The number of rotatable bonds is 5. The van der Waals surface area contributed by atoms with Crippen LogP contribution in [0.5, 0.6) is 0 Å². The first-order valence-electron chi connectivity index (χ1n) is 4.61. The van der Waals surface area contributed by atoms with E-state index < -0.39 is 0 Å².